The van der Waals surface area contributed by atoms with Crippen LogP contribution in [0.2, 0.25) is 0 Å². The van der Waals surface area contributed by atoms with Crippen molar-refractivity contribution in [2.45, 2.75) is 70.4 Å². The maximum absolute atomic E-state index is 11.6. The molecule has 138 valence electrons. The van der Waals surface area contributed by atoms with Gasteiger partial charge in [0.1, 0.15) is 0 Å². The van der Waals surface area contributed by atoms with Crippen LogP contribution in [0, 0.1) is 0 Å². The Morgan fingerprint density at radius 2 is 1.88 bits per heavy atom. The number of carbonyl (C=O) groups is 1. The van der Waals surface area contributed by atoms with Gasteiger partial charge in [-0.25, -0.2) is 0 Å². The van der Waals surface area contributed by atoms with Gasteiger partial charge in [0, 0.05) is 45.2 Å². The van der Waals surface area contributed by atoms with Crippen LogP contribution in [0.5, 0.6) is 0 Å². The van der Waals surface area contributed by atoms with Gasteiger partial charge in [-0.1, -0.05) is 6.42 Å². The molecule has 0 bridgehead atoms. The van der Waals surface area contributed by atoms with Crippen molar-refractivity contribution in [3.8, 4) is 0 Å². The third kappa shape index (κ3) is 7.51. The van der Waals surface area contributed by atoms with Crippen molar-refractivity contribution in [1.29, 1.82) is 0 Å². The molecular formula is C18H35N5O. The van der Waals surface area contributed by atoms with Gasteiger partial charge in [-0.2, -0.15) is 0 Å². The SMILES string of the molecule is CN=C(NCCCC(=O)NC1CC1)NCCCN1CCCCC1C. The van der Waals surface area contributed by atoms with Crippen LogP contribution in [0.3, 0.4) is 0 Å². The molecule has 0 spiro atoms. The van der Waals surface area contributed by atoms with Crippen molar-refractivity contribution in [3.05, 3.63) is 0 Å². The molecule has 1 saturated carbocycles. The number of guanidine groups is 1. The van der Waals surface area contributed by atoms with Crippen molar-refractivity contribution in [2.75, 3.05) is 33.2 Å². The maximum Gasteiger partial charge on any atom is 0.220 e. The fourth-order valence-corrected chi connectivity index (χ4v) is 3.18. The van der Waals surface area contributed by atoms with Gasteiger partial charge in [-0.3, -0.25) is 9.79 Å². The lowest BCUT2D eigenvalue weighted by molar-refractivity contribution is -0.121. The summed E-state index contributed by atoms with van der Waals surface area (Å²) in [6, 6.07) is 1.19. The van der Waals surface area contributed by atoms with Crippen LogP contribution in [0.15, 0.2) is 4.99 Å². The lowest BCUT2D eigenvalue weighted by Crippen LogP contribution is -2.41. The van der Waals surface area contributed by atoms with Crippen LogP contribution in [-0.2, 0) is 4.79 Å². The number of piperidine rings is 1. The molecule has 2 fully saturated rings. The molecule has 6 nitrogen and oxygen atoms in total. The summed E-state index contributed by atoms with van der Waals surface area (Å²) in [6.45, 7) is 6.46. The molecule has 2 aliphatic rings. The van der Waals surface area contributed by atoms with Crippen molar-refractivity contribution in [1.82, 2.24) is 20.9 Å². The van der Waals surface area contributed by atoms with Crippen molar-refractivity contribution >= 4 is 11.9 Å². The van der Waals surface area contributed by atoms with Gasteiger partial charge in [0.25, 0.3) is 0 Å². The van der Waals surface area contributed by atoms with E-state index in [2.05, 4.69) is 32.8 Å². The zero-order valence-electron chi connectivity index (χ0n) is 15.4. The van der Waals surface area contributed by atoms with Gasteiger partial charge >= 0.3 is 0 Å². The zero-order chi connectivity index (χ0) is 17.2. The fraction of sp³-hybridized carbons (Fsp3) is 0.889. The van der Waals surface area contributed by atoms with E-state index in [9.17, 15) is 4.79 Å². The van der Waals surface area contributed by atoms with Gasteiger partial charge in [0.2, 0.25) is 5.91 Å². The second kappa shape index (κ2) is 10.5. The first kappa shape index (κ1) is 19.0. The number of nitrogens with zero attached hydrogens (tertiary/aromatic N) is 2. The summed E-state index contributed by atoms with van der Waals surface area (Å²) in [4.78, 5) is 18.4. The number of rotatable bonds is 9. The highest BCUT2D eigenvalue weighted by atomic mass is 16.1. The predicted octanol–water partition coefficient (Wildman–Crippen LogP) is 1.47. The Kier molecular flexibility index (Phi) is 8.36. The summed E-state index contributed by atoms with van der Waals surface area (Å²) in [7, 11) is 1.79. The topological polar surface area (TPSA) is 68.8 Å². The number of carbonyl (C=O) groups excluding carboxylic acids is 1. The molecule has 3 N–H and O–H groups in total. The lowest BCUT2D eigenvalue weighted by Gasteiger charge is -2.33. The highest BCUT2D eigenvalue weighted by Crippen LogP contribution is 2.18. The maximum atomic E-state index is 11.6. The van der Waals surface area contributed by atoms with Gasteiger partial charge in [0.05, 0.1) is 0 Å². The van der Waals surface area contributed by atoms with E-state index in [1.807, 2.05) is 0 Å². The van der Waals surface area contributed by atoms with E-state index in [4.69, 9.17) is 0 Å². The number of aliphatic imine (C=N–C) groups is 1. The van der Waals surface area contributed by atoms with Crippen LogP contribution >= 0.6 is 0 Å². The summed E-state index contributed by atoms with van der Waals surface area (Å²) >= 11 is 0. The van der Waals surface area contributed by atoms with Gasteiger partial charge in [0.15, 0.2) is 5.96 Å². The number of likely N-dealkylation sites (tertiary alicyclic amines) is 1. The standard InChI is InChI=1S/C18H35N5O/c1-15-7-3-4-13-23(15)14-6-12-21-18(19-2)20-11-5-8-17(24)22-16-9-10-16/h15-16H,3-14H2,1-2H3,(H,22,24)(H2,19,20,21). The van der Waals surface area contributed by atoms with Crippen LogP contribution in [-0.4, -0.2) is 62.1 Å². The predicted molar refractivity (Wildman–Crippen MR) is 99.3 cm³/mol. The van der Waals surface area contributed by atoms with E-state index in [0.29, 0.717) is 12.5 Å². The molecule has 24 heavy (non-hydrogen) atoms. The minimum Gasteiger partial charge on any atom is -0.356 e. The van der Waals surface area contributed by atoms with E-state index in [-0.39, 0.29) is 5.91 Å². The molecule has 1 atom stereocenters. The molecule has 0 radical (unpaired) electrons. The van der Waals surface area contributed by atoms with E-state index in [1.54, 1.807) is 7.05 Å². The normalized spacial score (nSPS) is 22.2. The summed E-state index contributed by atoms with van der Waals surface area (Å²) in [5.74, 6) is 1.02. The third-order valence-corrected chi connectivity index (χ3v) is 4.89. The van der Waals surface area contributed by atoms with Gasteiger partial charge in [-0.05, 0) is 52.0 Å². The Bertz CT molecular complexity index is 408. The lowest BCUT2D eigenvalue weighted by atomic mass is 10.0. The van der Waals surface area contributed by atoms with Crippen LogP contribution < -0.4 is 16.0 Å². The monoisotopic (exact) mass is 337 g/mol. The molecule has 0 aromatic rings. The first-order chi connectivity index (χ1) is 11.7. The molecule has 0 aromatic carbocycles. The first-order valence-electron chi connectivity index (χ1n) is 9.67. The molecule has 1 amide bonds. The zero-order valence-corrected chi connectivity index (χ0v) is 15.4. The minimum atomic E-state index is 0.179. The van der Waals surface area contributed by atoms with Crippen molar-refractivity contribution < 1.29 is 4.79 Å². The van der Waals surface area contributed by atoms with Gasteiger partial charge < -0.3 is 20.9 Å². The Morgan fingerprint density at radius 3 is 2.54 bits per heavy atom. The molecule has 1 heterocycles. The number of hydrogen-bond acceptors (Lipinski definition) is 3. The smallest absolute Gasteiger partial charge is 0.220 e. The second-order valence-corrected chi connectivity index (χ2v) is 7.11. The van der Waals surface area contributed by atoms with Crippen LogP contribution in [0.1, 0.15) is 58.3 Å². The van der Waals surface area contributed by atoms with Gasteiger partial charge in [-0.15, -0.1) is 0 Å². The Hall–Kier alpha value is -1.30. The van der Waals surface area contributed by atoms with E-state index >= 15 is 0 Å². The molecule has 1 unspecified atom stereocenters. The number of nitrogens with one attached hydrogen (secondary N) is 3. The first-order valence-corrected chi connectivity index (χ1v) is 9.67. The average molecular weight is 338 g/mol. The summed E-state index contributed by atoms with van der Waals surface area (Å²) < 4.78 is 0. The fourth-order valence-electron chi connectivity index (χ4n) is 3.18. The molecule has 1 saturated heterocycles. The van der Waals surface area contributed by atoms with Crippen molar-refractivity contribution in [2.24, 2.45) is 4.99 Å². The average Bonchev–Trinajstić information content (AvgIpc) is 3.38. The van der Waals surface area contributed by atoms with Crippen LogP contribution in [0.4, 0.5) is 0 Å². The summed E-state index contributed by atoms with van der Waals surface area (Å²) in [5, 5.41) is 9.67. The van der Waals surface area contributed by atoms with E-state index in [0.717, 1.165) is 57.3 Å². The second-order valence-electron chi connectivity index (χ2n) is 7.11. The molecule has 2 rings (SSSR count). The molecule has 1 aliphatic heterocycles. The van der Waals surface area contributed by atoms with Crippen LogP contribution in [0.25, 0.3) is 0 Å². The Labute approximate surface area is 146 Å². The van der Waals surface area contributed by atoms with E-state index < -0.39 is 0 Å². The Morgan fingerprint density at radius 1 is 1.12 bits per heavy atom. The molecular weight excluding hydrogens is 302 g/mol. The third-order valence-electron chi connectivity index (χ3n) is 4.89. The highest BCUT2D eigenvalue weighted by Gasteiger charge is 2.22. The molecule has 1 aliphatic carbocycles. The molecule has 6 heteroatoms. The summed E-state index contributed by atoms with van der Waals surface area (Å²) in [5.41, 5.74) is 0. The Balaban J connectivity index is 1.48. The molecule has 0 aromatic heterocycles. The largest absolute Gasteiger partial charge is 0.356 e. The highest BCUT2D eigenvalue weighted by molar-refractivity contribution is 5.79. The summed E-state index contributed by atoms with van der Waals surface area (Å²) in [6.07, 6.45) is 8.92. The van der Waals surface area contributed by atoms with E-state index in [1.165, 1.54) is 25.8 Å². The quantitative estimate of drug-likeness (QED) is 0.339. The number of amides is 1. The number of hydrogen-bond donors (Lipinski definition) is 3. The minimum absolute atomic E-state index is 0.179. The van der Waals surface area contributed by atoms with Crippen molar-refractivity contribution in [3.63, 3.8) is 0 Å².